The standard InChI is InChI=1S/C23H24ClN3O3S2/c1-17-4-2-3-5-21(17)26-12-14-27(15-13-26)32(29,30)22-11-10-20(31-22)16-25-23(28)18-6-8-19(24)9-7-18/h2-11H,12-16H2,1H3,(H,25,28). The summed E-state index contributed by atoms with van der Waals surface area (Å²) in [6, 6.07) is 18.1. The Labute approximate surface area is 197 Å². The van der Waals surface area contributed by atoms with Gasteiger partial charge >= 0.3 is 0 Å². The van der Waals surface area contributed by atoms with Crippen LogP contribution in [0.5, 0.6) is 0 Å². The summed E-state index contributed by atoms with van der Waals surface area (Å²) in [5.41, 5.74) is 2.84. The quantitative estimate of drug-likeness (QED) is 0.564. The SMILES string of the molecule is Cc1ccccc1N1CCN(S(=O)(=O)c2ccc(CNC(=O)c3ccc(Cl)cc3)s2)CC1. The highest BCUT2D eigenvalue weighted by molar-refractivity contribution is 7.91. The first kappa shape index (κ1) is 22.8. The molecule has 9 heteroatoms. The lowest BCUT2D eigenvalue weighted by atomic mass is 10.1. The van der Waals surface area contributed by atoms with Crippen LogP contribution in [-0.2, 0) is 16.6 Å². The Morgan fingerprint density at radius 3 is 2.38 bits per heavy atom. The zero-order valence-electron chi connectivity index (χ0n) is 17.6. The number of hydrogen-bond donors (Lipinski definition) is 1. The second-order valence-electron chi connectivity index (χ2n) is 7.59. The van der Waals surface area contributed by atoms with Crippen molar-refractivity contribution in [3.8, 4) is 0 Å². The van der Waals surface area contributed by atoms with Gasteiger partial charge in [0.1, 0.15) is 4.21 Å². The van der Waals surface area contributed by atoms with E-state index < -0.39 is 10.0 Å². The van der Waals surface area contributed by atoms with Crippen molar-refractivity contribution in [2.75, 3.05) is 31.1 Å². The van der Waals surface area contributed by atoms with Crippen LogP contribution < -0.4 is 10.2 Å². The van der Waals surface area contributed by atoms with Crippen LogP contribution in [0.15, 0.2) is 64.9 Å². The number of amides is 1. The summed E-state index contributed by atoms with van der Waals surface area (Å²) in [6.45, 7) is 4.52. The molecular formula is C23H24ClN3O3S2. The highest BCUT2D eigenvalue weighted by atomic mass is 35.5. The van der Waals surface area contributed by atoms with Gasteiger partial charge in [0.2, 0.25) is 0 Å². The number of aryl methyl sites for hydroxylation is 1. The van der Waals surface area contributed by atoms with Crippen LogP contribution >= 0.6 is 22.9 Å². The van der Waals surface area contributed by atoms with E-state index in [9.17, 15) is 13.2 Å². The summed E-state index contributed by atoms with van der Waals surface area (Å²) in [5.74, 6) is -0.230. The third-order valence-electron chi connectivity index (χ3n) is 5.46. The molecule has 0 atom stereocenters. The first-order valence-corrected chi connectivity index (χ1v) is 12.9. The molecule has 0 aliphatic carbocycles. The zero-order chi connectivity index (χ0) is 22.7. The minimum atomic E-state index is -3.55. The zero-order valence-corrected chi connectivity index (χ0v) is 20.0. The molecule has 1 amide bonds. The number of nitrogens with zero attached hydrogens (tertiary/aromatic N) is 2. The van der Waals surface area contributed by atoms with Gasteiger partial charge < -0.3 is 10.2 Å². The van der Waals surface area contributed by atoms with E-state index in [2.05, 4.69) is 29.3 Å². The number of sulfonamides is 1. The molecule has 0 unspecified atom stereocenters. The average molecular weight is 490 g/mol. The molecule has 1 N–H and O–H groups in total. The lowest BCUT2D eigenvalue weighted by Gasteiger charge is -2.35. The summed E-state index contributed by atoms with van der Waals surface area (Å²) in [4.78, 5) is 15.3. The van der Waals surface area contributed by atoms with Gasteiger partial charge in [0.25, 0.3) is 15.9 Å². The molecule has 32 heavy (non-hydrogen) atoms. The van der Waals surface area contributed by atoms with Gasteiger partial charge in [-0.05, 0) is 55.0 Å². The second kappa shape index (κ2) is 9.62. The smallest absolute Gasteiger partial charge is 0.252 e. The first-order chi connectivity index (χ1) is 15.3. The summed E-state index contributed by atoms with van der Waals surface area (Å²) < 4.78 is 28.1. The first-order valence-electron chi connectivity index (χ1n) is 10.3. The van der Waals surface area contributed by atoms with Crippen LogP contribution in [-0.4, -0.2) is 44.8 Å². The van der Waals surface area contributed by atoms with E-state index in [1.807, 2.05) is 12.1 Å². The van der Waals surface area contributed by atoms with Gasteiger partial charge in [-0.25, -0.2) is 8.42 Å². The van der Waals surface area contributed by atoms with Gasteiger partial charge in [-0.1, -0.05) is 29.8 Å². The summed E-state index contributed by atoms with van der Waals surface area (Å²) in [7, 11) is -3.55. The number of anilines is 1. The number of thiophene rings is 1. The number of carbonyl (C=O) groups excluding carboxylic acids is 1. The Hall–Kier alpha value is -2.39. The molecule has 4 rings (SSSR count). The highest BCUT2D eigenvalue weighted by Gasteiger charge is 2.30. The molecule has 6 nitrogen and oxygen atoms in total. The van der Waals surface area contributed by atoms with Gasteiger partial charge in [0, 0.05) is 47.3 Å². The van der Waals surface area contributed by atoms with Crippen LogP contribution in [0.4, 0.5) is 5.69 Å². The van der Waals surface area contributed by atoms with Crippen LogP contribution in [0.3, 0.4) is 0 Å². The number of halogens is 1. The topological polar surface area (TPSA) is 69.7 Å². The molecule has 1 aromatic heterocycles. The van der Waals surface area contributed by atoms with Crippen molar-refractivity contribution in [3.05, 3.63) is 81.7 Å². The van der Waals surface area contributed by atoms with Crippen LogP contribution in [0.1, 0.15) is 20.8 Å². The van der Waals surface area contributed by atoms with Gasteiger partial charge in [-0.15, -0.1) is 11.3 Å². The molecule has 0 bridgehead atoms. The van der Waals surface area contributed by atoms with Crippen molar-refractivity contribution in [3.63, 3.8) is 0 Å². The van der Waals surface area contributed by atoms with Crippen molar-refractivity contribution in [1.29, 1.82) is 0 Å². The predicted octanol–water partition coefficient (Wildman–Crippen LogP) is 4.15. The van der Waals surface area contributed by atoms with Gasteiger partial charge in [0.05, 0.1) is 6.54 Å². The maximum absolute atomic E-state index is 13.1. The molecule has 168 valence electrons. The Balaban J connectivity index is 1.36. The monoisotopic (exact) mass is 489 g/mol. The number of rotatable bonds is 6. The molecule has 1 aliphatic heterocycles. The molecule has 0 saturated carbocycles. The van der Waals surface area contributed by atoms with Gasteiger partial charge in [-0.2, -0.15) is 4.31 Å². The molecule has 2 aromatic carbocycles. The fourth-order valence-electron chi connectivity index (χ4n) is 3.68. The Morgan fingerprint density at radius 1 is 1.00 bits per heavy atom. The van der Waals surface area contributed by atoms with Crippen molar-refractivity contribution in [2.45, 2.75) is 17.7 Å². The minimum Gasteiger partial charge on any atom is -0.369 e. The molecule has 2 heterocycles. The molecule has 1 aliphatic rings. The number of para-hydroxylation sites is 1. The third-order valence-corrected chi connectivity index (χ3v) is 9.16. The van der Waals surface area contributed by atoms with E-state index in [0.717, 1.165) is 10.6 Å². The number of hydrogen-bond acceptors (Lipinski definition) is 5. The molecule has 1 fully saturated rings. The maximum atomic E-state index is 13.1. The minimum absolute atomic E-state index is 0.230. The number of carbonyl (C=O) groups is 1. The van der Waals surface area contributed by atoms with E-state index in [0.29, 0.717) is 41.0 Å². The normalized spacial score (nSPS) is 15.0. The molecule has 0 radical (unpaired) electrons. The van der Waals surface area contributed by atoms with Gasteiger partial charge in [-0.3, -0.25) is 4.79 Å². The fraction of sp³-hybridized carbons (Fsp3) is 0.261. The van der Waals surface area contributed by atoms with E-state index >= 15 is 0 Å². The van der Waals surface area contributed by atoms with Crippen molar-refractivity contribution >= 4 is 44.6 Å². The number of nitrogens with one attached hydrogen (secondary N) is 1. The summed E-state index contributed by atoms with van der Waals surface area (Å²) in [5, 5.41) is 3.39. The van der Waals surface area contributed by atoms with E-state index in [-0.39, 0.29) is 12.5 Å². The Morgan fingerprint density at radius 2 is 1.69 bits per heavy atom. The lowest BCUT2D eigenvalue weighted by Crippen LogP contribution is -2.48. The largest absolute Gasteiger partial charge is 0.369 e. The summed E-state index contributed by atoms with van der Waals surface area (Å²) >= 11 is 7.04. The van der Waals surface area contributed by atoms with Crippen LogP contribution in [0.2, 0.25) is 5.02 Å². The lowest BCUT2D eigenvalue weighted by molar-refractivity contribution is 0.0951. The molecule has 0 spiro atoms. The number of benzene rings is 2. The third kappa shape index (κ3) is 4.99. The van der Waals surface area contributed by atoms with E-state index in [1.54, 1.807) is 40.7 Å². The number of piperazine rings is 1. The van der Waals surface area contributed by atoms with Gasteiger partial charge in [0.15, 0.2) is 0 Å². The summed E-state index contributed by atoms with van der Waals surface area (Å²) in [6.07, 6.45) is 0. The second-order valence-corrected chi connectivity index (χ2v) is 11.4. The molecule has 1 saturated heterocycles. The fourth-order valence-corrected chi connectivity index (χ4v) is 6.68. The van der Waals surface area contributed by atoms with E-state index in [1.165, 1.54) is 16.9 Å². The Bertz CT molecular complexity index is 1200. The molecule has 3 aromatic rings. The molecular weight excluding hydrogens is 466 g/mol. The van der Waals surface area contributed by atoms with Crippen LogP contribution in [0, 0.1) is 6.92 Å². The van der Waals surface area contributed by atoms with Crippen LogP contribution in [0.25, 0.3) is 0 Å². The van der Waals surface area contributed by atoms with Crippen molar-refractivity contribution < 1.29 is 13.2 Å². The van der Waals surface area contributed by atoms with Crippen molar-refractivity contribution in [1.82, 2.24) is 9.62 Å². The maximum Gasteiger partial charge on any atom is 0.252 e. The van der Waals surface area contributed by atoms with Crippen molar-refractivity contribution in [2.24, 2.45) is 0 Å². The predicted molar refractivity (Wildman–Crippen MR) is 129 cm³/mol. The highest BCUT2D eigenvalue weighted by Crippen LogP contribution is 2.27. The Kier molecular flexibility index (Phi) is 6.85. The van der Waals surface area contributed by atoms with E-state index in [4.69, 9.17) is 11.6 Å². The average Bonchev–Trinajstić information content (AvgIpc) is 3.28.